The van der Waals surface area contributed by atoms with E-state index in [1.807, 2.05) is 11.8 Å². The van der Waals surface area contributed by atoms with E-state index in [4.69, 9.17) is 0 Å². The molecule has 0 N–H and O–H groups in total. The lowest BCUT2D eigenvalue weighted by molar-refractivity contribution is 0.856. The van der Waals surface area contributed by atoms with Crippen molar-refractivity contribution in [1.82, 2.24) is 0 Å². The highest BCUT2D eigenvalue weighted by molar-refractivity contribution is 9.10. The quantitative estimate of drug-likeness (QED) is 0.744. The van der Waals surface area contributed by atoms with E-state index < -0.39 is 0 Å². The Balaban J connectivity index is 2.19. The maximum absolute atomic E-state index is 3.65. The van der Waals surface area contributed by atoms with Crippen molar-refractivity contribution in [1.29, 1.82) is 0 Å². The molecule has 1 heterocycles. The average molecular weight is 351 g/mol. The van der Waals surface area contributed by atoms with Gasteiger partial charge in [-0.2, -0.15) is 11.8 Å². The van der Waals surface area contributed by atoms with E-state index in [1.165, 1.54) is 27.2 Å². The summed E-state index contributed by atoms with van der Waals surface area (Å²) in [6, 6.07) is 6.61. The Morgan fingerprint density at radius 2 is 2.00 bits per heavy atom. The molecule has 4 heteroatoms. The monoisotopic (exact) mass is 349 g/mol. The van der Waals surface area contributed by atoms with E-state index in [1.54, 1.807) is 0 Å². The Kier molecular flexibility index (Phi) is 4.40. The zero-order valence-corrected chi connectivity index (χ0v) is 12.4. The number of hydrogen-bond acceptors (Lipinski definition) is 2. The summed E-state index contributed by atoms with van der Waals surface area (Å²) in [6.07, 6.45) is 0. The van der Waals surface area contributed by atoms with Gasteiger partial charge in [-0.15, -0.1) is 0 Å². The SMILES string of the molecule is BrCc1ccc(N2CCSCC2)c(Br)c1. The minimum Gasteiger partial charge on any atom is -0.369 e. The van der Waals surface area contributed by atoms with Crippen LogP contribution in [0.1, 0.15) is 5.56 Å². The van der Waals surface area contributed by atoms with Crippen LogP contribution in [0.15, 0.2) is 22.7 Å². The van der Waals surface area contributed by atoms with Crippen LogP contribution in [-0.4, -0.2) is 24.6 Å². The predicted molar refractivity (Wildman–Crippen MR) is 76.3 cm³/mol. The molecule has 1 aliphatic heterocycles. The molecule has 1 aromatic carbocycles. The van der Waals surface area contributed by atoms with Crippen LogP contribution in [0.4, 0.5) is 5.69 Å². The molecule has 2 rings (SSSR count). The van der Waals surface area contributed by atoms with Gasteiger partial charge in [0.2, 0.25) is 0 Å². The highest BCUT2D eigenvalue weighted by Gasteiger charge is 2.13. The number of halogens is 2. The van der Waals surface area contributed by atoms with Gasteiger partial charge in [0, 0.05) is 34.4 Å². The van der Waals surface area contributed by atoms with Crippen LogP contribution < -0.4 is 4.90 Å². The third-order valence-corrected chi connectivity index (χ3v) is 4.74. The van der Waals surface area contributed by atoms with Gasteiger partial charge in [-0.3, -0.25) is 0 Å². The Bertz CT molecular complexity index is 337. The molecule has 1 aliphatic rings. The van der Waals surface area contributed by atoms with Crippen LogP contribution in [0.2, 0.25) is 0 Å². The van der Waals surface area contributed by atoms with Gasteiger partial charge in [-0.05, 0) is 33.6 Å². The van der Waals surface area contributed by atoms with Crippen LogP contribution in [0.25, 0.3) is 0 Å². The number of anilines is 1. The molecule has 0 atom stereocenters. The summed E-state index contributed by atoms with van der Waals surface area (Å²) in [4.78, 5) is 2.46. The first kappa shape index (κ1) is 11.8. The summed E-state index contributed by atoms with van der Waals surface area (Å²) in [5.74, 6) is 2.49. The van der Waals surface area contributed by atoms with Crippen molar-refractivity contribution < 1.29 is 0 Å². The van der Waals surface area contributed by atoms with Crippen molar-refractivity contribution in [2.75, 3.05) is 29.5 Å². The Labute approximate surface area is 112 Å². The third kappa shape index (κ3) is 2.92. The standard InChI is InChI=1S/C11H13Br2NS/c12-8-9-1-2-11(10(13)7-9)14-3-5-15-6-4-14/h1-2,7H,3-6,8H2. The molecular weight excluding hydrogens is 338 g/mol. The molecule has 82 valence electrons. The molecule has 1 aromatic rings. The Hall–Kier alpha value is 0.330. The summed E-state index contributed by atoms with van der Waals surface area (Å²) >= 11 is 9.17. The summed E-state index contributed by atoms with van der Waals surface area (Å²) in [7, 11) is 0. The Morgan fingerprint density at radius 1 is 1.27 bits per heavy atom. The molecule has 0 aliphatic carbocycles. The fourth-order valence-electron chi connectivity index (χ4n) is 1.69. The smallest absolute Gasteiger partial charge is 0.0511 e. The van der Waals surface area contributed by atoms with Crippen molar-refractivity contribution >= 4 is 49.3 Å². The van der Waals surface area contributed by atoms with Gasteiger partial charge in [0.15, 0.2) is 0 Å². The first-order chi connectivity index (χ1) is 7.31. The lowest BCUT2D eigenvalue weighted by Gasteiger charge is -2.29. The molecule has 0 unspecified atom stereocenters. The highest BCUT2D eigenvalue weighted by Crippen LogP contribution is 2.29. The van der Waals surface area contributed by atoms with Crippen molar-refractivity contribution in [2.45, 2.75) is 5.33 Å². The summed E-state index contributed by atoms with van der Waals surface area (Å²) in [5.41, 5.74) is 2.65. The second-order valence-corrected chi connectivity index (χ2v) is 6.16. The van der Waals surface area contributed by atoms with Crippen LogP contribution in [0.5, 0.6) is 0 Å². The number of benzene rings is 1. The fourth-order valence-corrected chi connectivity index (χ4v) is 3.62. The van der Waals surface area contributed by atoms with Gasteiger partial charge >= 0.3 is 0 Å². The average Bonchev–Trinajstić information content (AvgIpc) is 2.30. The van der Waals surface area contributed by atoms with Gasteiger partial charge in [0.25, 0.3) is 0 Å². The first-order valence-corrected chi connectivity index (χ1v) is 8.05. The van der Waals surface area contributed by atoms with Crippen molar-refractivity contribution in [3.63, 3.8) is 0 Å². The topological polar surface area (TPSA) is 3.24 Å². The first-order valence-electron chi connectivity index (χ1n) is 4.98. The second-order valence-electron chi connectivity index (χ2n) is 3.52. The lowest BCUT2D eigenvalue weighted by atomic mass is 10.2. The molecule has 0 saturated carbocycles. The highest BCUT2D eigenvalue weighted by atomic mass is 79.9. The van der Waals surface area contributed by atoms with Gasteiger partial charge in [0.05, 0.1) is 5.69 Å². The molecule has 0 radical (unpaired) electrons. The molecule has 0 aromatic heterocycles. The van der Waals surface area contributed by atoms with Crippen molar-refractivity contribution in [3.05, 3.63) is 28.2 Å². The number of rotatable bonds is 2. The second kappa shape index (κ2) is 5.60. The maximum Gasteiger partial charge on any atom is 0.0511 e. The zero-order chi connectivity index (χ0) is 10.7. The molecular formula is C11H13Br2NS. The third-order valence-electron chi connectivity index (χ3n) is 2.52. The predicted octanol–water partition coefficient (Wildman–Crippen LogP) is 3.90. The molecule has 0 bridgehead atoms. The fraction of sp³-hybridized carbons (Fsp3) is 0.455. The van der Waals surface area contributed by atoms with Gasteiger partial charge < -0.3 is 4.90 Å². The van der Waals surface area contributed by atoms with Crippen LogP contribution >= 0.6 is 43.6 Å². The minimum absolute atomic E-state index is 0.918. The van der Waals surface area contributed by atoms with E-state index in [0.29, 0.717) is 0 Å². The number of thioether (sulfide) groups is 1. The molecule has 15 heavy (non-hydrogen) atoms. The number of alkyl halides is 1. The summed E-state index contributed by atoms with van der Waals surface area (Å²) in [6.45, 7) is 2.33. The molecule has 1 nitrogen and oxygen atoms in total. The van der Waals surface area contributed by atoms with Crippen LogP contribution in [0.3, 0.4) is 0 Å². The van der Waals surface area contributed by atoms with E-state index in [2.05, 4.69) is 55.0 Å². The van der Waals surface area contributed by atoms with Crippen molar-refractivity contribution in [2.24, 2.45) is 0 Å². The van der Waals surface area contributed by atoms with Gasteiger partial charge in [-0.25, -0.2) is 0 Å². The summed E-state index contributed by atoms with van der Waals surface area (Å²) < 4.78 is 1.21. The Morgan fingerprint density at radius 3 is 2.60 bits per heavy atom. The summed E-state index contributed by atoms with van der Waals surface area (Å²) in [5, 5.41) is 0.918. The van der Waals surface area contributed by atoms with Crippen LogP contribution in [0, 0.1) is 0 Å². The zero-order valence-electron chi connectivity index (χ0n) is 8.38. The normalized spacial score (nSPS) is 16.8. The minimum atomic E-state index is 0.918. The number of hydrogen-bond donors (Lipinski definition) is 0. The molecule has 0 amide bonds. The van der Waals surface area contributed by atoms with Crippen LogP contribution in [-0.2, 0) is 5.33 Å². The van der Waals surface area contributed by atoms with E-state index in [-0.39, 0.29) is 0 Å². The molecule has 1 saturated heterocycles. The largest absolute Gasteiger partial charge is 0.369 e. The van der Waals surface area contributed by atoms with E-state index >= 15 is 0 Å². The molecule has 1 fully saturated rings. The van der Waals surface area contributed by atoms with Gasteiger partial charge in [0.1, 0.15) is 0 Å². The number of nitrogens with zero attached hydrogens (tertiary/aromatic N) is 1. The maximum atomic E-state index is 3.65. The van der Waals surface area contributed by atoms with Gasteiger partial charge in [-0.1, -0.05) is 22.0 Å². The molecule has 0 spiro atoms. The van der Waals surface area contributed by atoms with E-state index in [0.717, 1.165) is 18.4 Å². The van der Waals surface area contributed by atoms with E-state index in [9.17, 15) is 0 Å². The van der Waals surface area contributed by atoms with Crippen molar-refractivity contribution in [3.8, 4) is 0 Å². The lowest BCUT2D eigenvalue weighted by Crippen LogP contribution is -2.32.